The van der Waals surface area contributed by atoms with E-state index in [0.29, 0.717) is 18.0 Å². The second kappa shape index (κ2) is 7.23. The average molecular weight is 339 g/mol. The number of nitrogens with zero attached hydrogens (tertiary/aromatic N) is 1. The molecule has 1 saturated heterocycles. The first-order valence-corrected chi connectivity index (χ1v) is 8.18. The van der Waals surface area contributed by atoms with Gasteiger partial charge in [0.05, 0.1) is 0 Å². The molecular formula is C16H23BrN2O. The minimum absolute atomic E-state index is 0.300. The lowest BCUT2D eigenvalue weighted by molar-refractivity contribution is -0.127. The molecule has 2 unspecified atom stereocenters. The summed E-state index contributed by atoms with van der Waals surface area (Å²) in [6.45, 7) is 6.07. The third-order valence-electron chi connectivity index (χ3n) is 3.81. The molecule has 110 valence electrons. The molecule has 0 radical (unpaired) electrons. The van der Waals surface area contributed by atoms with Crippen molar-refractivity contribution in [1.29, 1.82) is 0 Å². The molecule has 0 saturated carbocycles. The molecule has 20 heavy (non-hydrogen) atoms. The second-order valence-corrected chi connectivity index (χ2v) is 6.44. The smallest absolute Gasteiger partial charge is 0.222 e. The lowest BCUT2D eigenvalue weighted by Crippen LogP contribution is -2.41. The number of halogens is 1. The maximum Gasteiger partial charge on any atom is 0.222 e. The van der Waals surface area contributed by atoms with Gasteiger partial charge in [-0.3, -0.25) is 4.79 Å². The lowest BCUT2D eigenvalue weighted by Gasteiger charge is -2.26. The number of amides is 1. The Morgan fingerprint density at radius 1 is 1.45 bits per heavy atom. The van der Waals surface area contributed by atoms with Gasteiger partial charge in [-0.05, 0) is 37.5 Å². The van der Waals surface area contributed by atoms with Gasteiger partial charge in [-0.15, -0.1) is 0 Å². The van der Waals surface area contributed by atoms with Crippen molar-refractivity contribution in [1.82, 2.24) is 10.2 Å². The van der Waals surface area contributed by atoms with Crippen molar-refractivity contribution in [2.75, 3.05) is 13.1 Å². The minimum Gasteiger partial charge on any atom is -0.341 e. The predicted octanol–water partition coefficient (Wildman–Crippen LogP) is 3.50. The van der Waals surface area contributed by atoms with Crippen molar-refractivity contribution in [2.45, 2.75) is 45.2 Å². The lowest BCUT2D eigenvalue weighted by atomic mass is 10.0. The number of likely N-dealkylation sites (tertiary alicyclic amines) is 1. The summed E-state index contributed by atoms with van der Waals surface area (Å²) in [5, 5.41) is 3.64. The third kappa shape index (κ3) is 4.06. The number of hydrogen-bond donors (Lipinski definition) is 1. The van der Waals surface area contributed by atoms with Crippen LogP contribution in [0.1, 0.15) is 44.7 Å². The molecule has 1 N–H and O–H groups in total. The zero-order chi connectivity index (χ0) is 14.5. The van der Waals surface area contributed by atoms with Gasteiger partial charge in [-0.2, -0.15) is 0 Å². The van der Waals surface area contributed by atoms with Crippen molar-refractivity contribution in [3.8, 4) is 0 Å². The van der Waals surface area contributed by atoms with Crippen LogP contribution in [0.2, 0.25) is 0 Å². The Morgan fingerprint density at radius 2 is 2.25 bits per heavy atom. The normalized spacial score (nSPS) is 18.4. The number of rotatable bonds is 6. The standard InChI is InChI=1S/C16H23BrN2O/c1-3-15(13-6-4-7-14(17)10-13)18-12(2)11-19-9-5-8-16(19)20/h4,6-7,10,12,15,18H,3,5,8-9,11H2,1-2H3. The summed E-state index contributed by atoms with van der Waals surface area (Å²) in [5.74, 6) is 0.300. The van der Waals surface area contributed by atoms with E-state index in [2.05, 4.69) is 53.3 Å². The van der Waals surface area contributed by atoms with Crippen LogP contribution in [0, 0.1) is 0 Å². The number of benzene rings is 1. The Balaban J connectivity index is 1.94. The first-order valence-electron chi connectivity index (χ1n) is 7.39. The number of hydrogen-bond acceptors (Lipinski definition) is 2. The van der Waals surface area contributed by atoms with E-state index >= 15 is 0 Å². The molecule has 4 heteroatoms. The highest BCUT2D eigenvalue weighted by molar-refractivity contribution is 9.10. The Kier molecular flexibility index (Phi) is 5.61. The van der Waals surface area contributed by atoms with E-state index in [1.807, 2.05) is 11.0 Å². The second-order valence-electron chi connectivity index (χ2n) is 5.53. The van der Waals surface area contributed by atoms with Crippen LogP contribution in [0.3, 0.4) is 0 Å². The summed E-state index contributed by atoms with van der Waals surface area (Å²) >= 11 is 3.52. The zero-order valence-corrected chi connectivity index (χ0v) is 13.8. The van der Waals surface area contributed by atoms with Crippen molar-refractivity contribution >= 4 is 21.8 Å². The Hall–Kier alpha value is -0.870. The molecule has 1 fully saturated rings. The van der Waals surface area contributed by atoms with E-state index in [0.717, 1.165) is 36.8 Å². The summed E-state index contributed by atoms with van der Waals surface area (Å²) in [6.07, 6.45) is 2.76. The SMILES string of the molecule is CCC(NC(C)CN1CCCC1=O)c1cccc(Br)c1. The Labute approximate surface area is 129 Å². The van der Waals surface area contributed by atoms with Crippen molar-refractivity contribution in [3.05, 3.63) is 34.3 Å². The Bertz CT molecular complexity index is 464. The fourth-order valence-corrected chi connectivity index (χ4v) is 3.21. The summed E-state index contributed by atoms with van der Waals surface area (Å²) in [6, 6.07) is 9.07. The molecular weight excluding hydrogens is 316 g/mol. The molecule has 1 aromatic carbocycles. The van der Waals surface area contributed by atoms with Gasteiger partial charge < -0.3 is 10.2 Å². The summed E-state index contributed by atoms with van der Waals surface area (Å²) in [4.78, 5) is 13.6. The molecule has 2 rings (SSSR count). The van der Waals surface area contributed by atoms with Gasteiger partial charge in [-0.25, -0.2) is 0 Å². The Morgan fingerprint density at radius 3 is 2.85 bits per heavy atom. The van der Waals surface area contributed by atoms with E-state index in [1.54, 1.807) is 0 Å². The summed E-state index contributed by atoms with van der Waals surface area (Å²) < 4.78 is 1.11. The highest BCUT2D eigenvalue weighted by Crippen LogP contribution is 2.21. The van der Waals surface area contributed by atoms with Crippen molar-refractivity contribution < 1.29 is 4.79 Å². The van der Waals surface area contributed by atoms with Crippen LogP contribution in [0.4, 0.5) is 0 Å². The molecule has 1 aromatic rings. The van der Waals surface area contributed by atoms with Gasteiger partial charge >= 0.3 is 0 Å². The average Bonchev–Trinajstić information content (AvgIpc) is 2.81. The minimum atomic E-state index is 0.300. The molecule has 1 aliphatic heterocycles. The van der Waals surface area contributed by atoms with Crippen LogP contribution in [0.15, 0.2) is 28.7 Å². The van der Waals surface area contributed by atoms with Gasteiger partial charge in [-0.1, -0.05) is 35.0 Å². The summed E-state index contributed by atoms with van der Waals surface area (Å²) in [5.41, 5.74) is 1.29. The summed E-state index contributed by atoms with van der Waals surface area (Å²) in [7, 11) is 0. The van der Waals surface area contributed by atoms with E-state index < -0.39 is 0 Å². The van der Waals surface area contributed by atoms with E-state index in [4.69, 9.17) is 0 Å². The van der Waals surface area contributed by atoms with Crippen molar-refractivity contribution in [3.63, 3.8) is 0 Å². The van der Waals surface area contributed by atoms with E-state index in [9.17, 15) is 4.79 Å². The fourth-order valence-electron chi connectivity index (χ4n) is 2.80. The van der Waals surface area contributed by atoms with Crippen LogP contribution in [0.25, 0.3) is 0 Å². The van der Waals surface area contributed by atoms with Crippen LogP contribution in [-0.4, -0.2) is 29.9 Å². The maximum atomic E-state index is 11.7. The van der Waals surface area contributed by atoms with Crippen LogP contribution < -0.4 is 5.32 Å². The van der Waals surface area contributed by atoms with Crippen LogP contribution >= 0.6 is 15.9 Å². The first-order chi connectivity index (χ1) is 9.60. The molecule has 0 bridgehead atoms. The van der Waals surface area contributed by atoms with Gasteiger partial charge in [0.1, 0.15) is 0 Å². The highest BCUT2D eigenvalue weighted by atomic mass is 79.9. The van der Waals surface area contributed by atoms with Gasteiger partial charge in [0.2, 0.25) is 5.91 Å². The van der Waals surface area contributed by atoms with Crippen LogP contribution in [0.5, 0.6) is 0 Å². The van der Waals surface area contributed by atoms with Gasteiger partial charge in [0.25, 0.3) is 0 Å². The fraction of sp³-hybridized carbons (Fsp3) is 0.562. The number of nitrogens with one attached hydrogen (secondary N) is 1. The molecule has 0 aromatic heterocycles. The third-order valence-corrected chi connectivity index (χ3v) is 4.30. The first kappa shape index (κ1) is 15.5. The highest BCUT2D eigenvalue weighted by Gasteiger charge is 2.22. The van der Waals surface area contributed by atoms with E-state index in [-0.39, 0.29) is 0 Å². The molecule has 1 amide bonds. The van der Waals surface area contributed by atoms with Crippen molar-refractivity contribution in [2.24, 2.45) is 0 Å². The molecule has 3 nitrogen and oxygen atoms in total. The molecule has 1 aliphatic rings. The maximum absolute atomic E-state index is 11.7. The van der Waals surface area contributed by atoms with Crippen LogP contribution in [-0.2, 0) is 4.79 Å². The molecule has 0 spiro atoms. The monoisotopic (exact) mass is 338 g/mol. The predicted molar refractivity (Wildman–Crippen MR) is 85.6 cm³/mol. The zero-order valence-electron chi connectivity index (χ0n) is 12.2. The quantitative estimate of drug-likeness (QED) is 0.860. The molecule has 0 aliphatic carbocycles. The molecule has 2 atom stereocenters. The largest absolute Gasteiger partial charge is 0.341 e. The van der Waals surface area contributed by atoms with E-state index in [1.165, 1.54) is 5.56 Å². The van der Waals surface area contributed by atoms with Gasteiger partial charge in [0.15, 0.2) is 0 Å². The number of carbonyl (C=O) groups is 1. The molecule has 1 heterocycles. The number of carbonyl (C=O) groups excluding carboxylic acids is 1. The van der Waals surface area contributed by atoms with Gasteiger partial charge in [0, 0.05) is 36.1 Å². The topological polar surface area (TPSA) is 32.3 Å².